The van der Waals surface area contributed by atoms with Crippen LogP contribution in [0.15, 0.2) is 28.8 Å². The predicted octanol–water partition coefficient (Wildman–Crippen LogP) is 1.68. The third-order valence-corrected chi connectivity index (χ3v) is 5.55. The second-order valence-corrected chi connectivity index (χ2v) is 7.24. The minimum absolute atomic E-state index is 0.196. The molecule has 2 heterocycles. The van der Waals surface area contributed by atoms with Crippen LogP contribution in [0, 0.1) is 13.8 Å². The van der Waals surface area contributed by atoms with Crippen molar-refractivity contribution in [1.82, 2.24) is 14.2 Å². The van der Waals surface area contributed by atoms with Gasteiger partial charge in [0.2, 0.25) is 0 Å². The summed E-state index contributed by atoms with van der Waals surface area (Å²) in [7, 11) is -3.52. The second-order valence-electron chi connectivity index (χ2n) is 5.48. The van der Waals surface area contributed by atoms with Crippen LogP contribution in [0.3, 0.4) is 0 Å². The fourth-order valence-electron chi connectivity index (χ4n) is 2.68. The monoisotopic (exact) mass is 321 g/mol. The molecule has 0 radical (unpaired) electrons. The van der Waals surface area contributed by atoms with E-state index >= 15 is 0 Å². The van der Waals surface area contributed by atoms with Gasteiger partial charge >= 0.3 is 0 Å². The maximum Gasteiger partial charge on any atom is 0.280 e. The third-order valence-electron chi connectivity index (χ3n) is 4.05. The van der Waals surface area contributed by atoms with Crippen molar-refractivity contribution in [2.75, 3.05) is 6.54 Å². The minimum atomic E-state index is -3.52. The first-order chi connectivity index (χ1) is 10.5. The number of hydrogen-bond donors (Lipinski definition) is 1. The topological polar surface area (TPSA) is 75.4 Å². The minimum Gasteiger partial charge on any atom is -0.361 e. The van der Waals surface area contributed by atoms with Gasteiger partial charge in [0.15, 0.2) is 0 Å². The summed E-state index contributed by atoms with van der Waals surface area (Å²) in [5.74, 6) is 0.643. The highest BCUT2D eigenvalue weighted by molar-refractivity contribution is 7.87. The zero-order valence-electron chi connectivity index (χ0n) is 12.7. The number of rotatable bonds is 4. The van der Waals surface area contributed by atoms with Crippen LogP contribution in [0.4, 0.5) is 0 Å². The zero-order chi connectivity index (χ0) is 15.7. The number of aryl methyl sites for hydroxylation is 2. The van der Waals surface area contributed by atoms with Gasteiger partial charge in [0.25, 0.3) is 10.2 Å². The fraction of sp³-hybridized carbons (Fsp3) is 0.400. The van der Waals surface area contributed by atoms with Crippen LogP contribution in [0.5, 0.6) is 0 Å². The predicted molar refractivity (Wildman–Crippen MR) is 82.3 cm³/mol. The molecule has 1 aliphatic rings. The Balaban J connectivity index is 1.72. The standard InChI is InChI=1S/C15H19N3O3S/c1-11-15(12(2)21-17-11)9-16-22(19,20)18-8-7-13-5-3-4-6-14(13)10-18/h3-6,16H,7-10H2,1-2H3. The molecule has 1 aliphatic heterocycles. The molecule has 0 saturated heterocycles. The van der Waals surface area contributed by atoms with Crippen molar-refractivity contribution in [3.8, 4) is 0 Å². The first-order valence-corrected chi connectivity index (χ1v) is 8.64. The van der Waals surface area contributed by atoms with Crippen molar-refractivity contribution < 1.29 is 12.9 Å². The van der Waals surface area contributed by atoms with Gasteiger partial charge in [0.05, 0.1) is 5.69 Å². The quantitative estimate of drug-likeness (QED) is 0.930. The molecule has 2 aromatic rings. The summed E-state index contributed by atoms with van der Waals surface area (Å²) in [4.78, 5) is 0. The highest BCUT2D eigenvalue weighted by Gasteiger charge is 2.26. The summed E-state index contributed by atoms with van der Waals surface area (Å²) in [6, 6.07) is 7.95. The van der Waals surface area contributed by atoms with Crippen LogP contribution >= 0.6 is 0 Å². The van der Waals surface area contributed by atoms with Gasteiger partial charge in [-0.25, -0.2) is 0 Å². The zero-order valence-corrected chi connectivity index (χ0v) is 13.5. The lowest BCUT2D eigenvalue weighted by molar-refractivity contribution is 0.383. The molecule has 0 bridgehead atoms. The molecule has 0 amide bonds. The second kappa shape index (κ2) is 5.83. The van der Waals surface area contributed by atoms with Gasteiger partial charge in [-0.3, -0.25) is 0 Å². The van der Waals surface area contributed by atoms with Gasteiger partial charge < -0.3 is 4.52 Å². The van der Waals surface area contributed by atoms with Crippen LogP contribution in [0.25, 0.3) is 0 Å². The normalized spacial score (nSPS) is 15.7. The molecule has 0 atom stereocenters. The highest BCUT2D eigenvalue weighted by atomic mass is 32.2. The highest BCUT2D eigenvalue weighted by Crippen LogP contribution is 2.20. The van der Waals surface area contributed by atoms with Crippen molar-refractivity contribution in [2.45, 2.75) is 33.4 Å². The van der Waals surface area contributed by atoms with Crippen molar-refractivity contribution >= 4 is 10.2 Å². The number of aromatic nitrogens is 1. The summed E-state index contributed by atoms with van der Waals surface area (Å²) in [6.07, 6.45) is 0.738. The largest absolute Gasteiger partial charge is 0.361 e. The maximum atomic E-state index is 12.5. The Labute approximate surface area is 130 Å². The van der Waals surface area contributed by atoms with E-state index in [1.165, 1.54) is 9.87 Å². The van der Waals surface area contributed by atoms with Gasteiger partial charge in [-0.1, -0.05) is 29.4 Å². The summed E-state index contributed by atoms with van der Waals surface area (Å²) in [5, 5.41) is 3.84. The summed E-state index contributed by atoms with van der Waals surface area (Å²) >= 11 is 0. The van der Waals surface area contributed by atoms with E-state index in [4.69, 9.17) is 4.52 Å². The van der Waals surface area contributed by atoms with Crippen molar-refractivity contribution in [2.24, 2.45) is 0 Å². The van der Waals surface area contributed by atoms with E-state index in [1.54, 1.807) is 13.8 Å². The Morgan fingerprint density at radius 2 is 2.00 bits per heavy atom. The lowest BCUT2D eigenvalue weighted by Gasteiger charge is -2.28. The third kappa shape index (κ3) is 2.92. The summed E-state index contributed by atoms with van der Waals surface area (Å²) in [5.41, 5.74) is 3.79. The van der Waals surface area contributed by atoms with E-state index in [2.05, 4.69) is 15.9 Å². The molecular formula is C15H19N3O3S. The Kier molecular flexibility index (Phi) is 4.03. The van der Waals surface area contributed by atoms with Crippen molar-refractivity contribution in [1.29, 1.82) is 0 Å². The Morgan fingerprint density at radius 1 is 1.27 bits per heavy atom. The van der Waals surface area contributed by atoms with Crippen LogP contribution < -0.4 is 4.72 Å². The van der Waals surface area contributed by atoms with Gasteiger partial charge in [0.1, 0.15) is 5.76 Å². The van der Waals surface area contributed by atoms with Crippen LogP contribution in [-0.2, 0) is 29.7 Å². The lowest BCUT2D eigenvalue weighted by Crippen LogP contribution is -2.43. The Morgan fingerprint density at radius 3 is 2.68 bits per heavy atom. The molecule has 0 unspecified atom stereocenters. The van der Waals surface area contributed by atoms with E-state index in [9.17, 15) is 8.42 Å². The molecular weight excluding hydrogens is 302 g/mol. The number of fused-ring (bicyclic) bond motifs is 1. The van der Waals surface area contributed by atoms with Crippen LogP contribution in [0.1, 0.15) is 28.1 Å². The number of nitrogens with one attached hydrogen (secondary N) is 1. The van der Waals surface area contributed by atoms with Crippen molar-refractivity contribution in [3.05, 3.63) is 52.4 Å². The molecule has 118 valence electrons. The molecule has 6 nitrogen and oxygen atoms in total. The summed E-state index contributed by atoms with van der Waals surface area (Å²) < 4.78 is 34.1. The molecule has 3 rings (SSSR count). The van der Waals surface area contributed by atoms with Gasteiger partial charge in [-0.2, -0.15) is 17.4 Å². The van der Waals surface area contributed by atoms with E-state index in [1.807, 2.05) is 18.2 Å². The first kappa shape index (κ1) is 15.2. The molecule has 0 aliphatic carbocycles. The fourth-order valence-corrected chi connectivity index (χ4v) is 3.83. The molecule has 1 N–H and O–H groups in total. The number of benzene rings is 1. The molecule has 0 spiro atoms. The molecule has 22 heavy (non-hydrogen) atoms. The Bertz CT molecular complexity index is 764. The lowest BCUT2D eigenvalue weighted by atomic mass is 10.0. The number of hydrogen-bond acceptors (Lipinski definition) is 4. The molecule has 0 saturated carbocycles. The smallest absolute Gasteiger partial charge is 0.280 e. The van der Waals surface area contributed by atoms with Gasteiger partial charge in [0, 0.05) is 25.2 Å². The summed E-state index contributed by atoms with van der Waals surface area (Å²) in [6.45, 7) is 4.68. The molecule has 0 fully saturated rings. The van der Waals surface area contributed by atoms with Crippen LogP contribution in [-0.4, -0.2) is 24.4 Å². The Hall–Kier alpha value is -1.70. The average molecular weight is 321 g/mol. The van der Waals surface area contributed by atoms with Crippen LogP contribution in [0.2, 0.25) is 0 Å². The van der Waals surface area contributed by atoms with E-state index in [0.717, 1.165) is 17.5 Å². The first-order valence-electron chi connectivity index (χ1n) is 7.20. The SMILES string of the molecule is Cc1noc(C)c1CNS(=O)(=O)N1CCc2ccccc2C1. The van der Waals surface area contributed by atoms with E-state index < -0.39 is 10.2 Å². The molecule has 7 heteroatoms. The number of nitrogens with zero attached hydrogens (tertiary/aromatic N) is 2. The van der Waals surface area contributed by atoms with E-state index in [-0.39, 0.29) is 6.54 Å². The van der Waals surface area contributed by atoms with E-state index in [0.29, 0.717) is 24.5 Å². The molecule has 1 aromatic heterocycles. The molecule has 1 aromatic carbocycles. The van der Waals surface area contributed by atoms with Crippen molar-refractivity contribution in [3.63, 3.8) is 0 Å². The average Bonchev–Trinajstić information content (AvgIpc) is 2.83. The van der Waals surface area contributed by atoms with Gasteiger partial charge in [-0.05, 0) is 31.4 Å². The maximum absolute atomic E-state index is 12.5. The van der Waals surface area contributed by atoms with Gasteiger partial charge in [-0.15, -0.1) is 0 Å².